The lowest BCUT2D eigenvalue weighted by Crippen LogP contribution is -2.33. The van der Waals surface area contributed by atoms with E-state index in [1.54, 1.807) is 0 Å². The van der Waals surface area contributed by atoms with Gasteiger partial charge >= 0.3 is 6.09 Å². The van der Waals surface area contributed by atoms with E-state index in [0.717, 1.165) is 35.1 Å². The molecule has 0 unspecified atom stereocenters. The number of Topliss-reactive ketones (excluding diaryl/α,β-unsaturated/α-hetero) is 1. The minimum Gasteiger partial charge on any atom is -0.444 e. The number of nitrogens with one attached hydrogen (secondary N) is 1. The monoisotopic (exact) mass is 301 g/mol. The minimum atomic E-state index is -0.524. The summed E-state index contributed by atoms with van der Waals surface area (Å²) >= 11 is 0. The van der Waals surface area contributed by atoms with Gasteiger partial charge in [0, 0.05) is 18.5 Å². The van der Waals surface area contributed by atoms with E-state index in [1.807, 2.05) is 39.0 Å². The molecule has 118 valence electrons. The highest BCUT2D eigenvalue weighted by atomic mass is 16.6. The van der Waals surface area contributed by atoms with Crippen LogP contribution in [0.15, 0.2) is 24.8 Å². The molecule has 4 nitrogen and oxygen atoms in total. The van der Waals surface area contributed by atoms with Gasteiger partial charge in [0.1, 0.15) is 5.60 Å². The maximum atomic E-state index is 12.0. The predicted octanol–water partition coefficient (Wildman–Crippen LogP) is 3.74. The van der Waals surface area contributed by atoms with Gasteiger partial charge in [-0.05, 0) is 56.4 Å². The van der Waals surface area contributed by atoms with E-state index in [4.69, 9.17) is 4.74 Å². The fraction of sp³-hybridized carbons (Fsp3) is 0.444. The Balaban J connectivity index is 2.00. The third kappa shape index (κ3) is 4.20. The zero-order valence-corrected chi connectivity index (χ0v) is 13.5. The van der Waals surface area contributed by atoms with Crippen molar-refractivity contribution in [2.75, 3.05) is 6.54 Å². The molecular weight excluding hydrogens is 278 g/mol. The smallest absolute Gasteiger partial charge is 0.407 e. The van der Waals surface area contributed by atoms with Crippen LogP contribution in [0.25, 0.3) is 5.57 Å². The molecule has 1 aromatic rings. The predicted molar refractivity (Wildman–Crippen MR) is 87.0 cm³/mol. The third-order valence-electron chi connectivity index (χ3n) is 3.51. The number of carbonyl (C=O) groups excluding carboxylic acids is 2. The summed E-state index contributed by atoms with van der Waals surface area (Å²) in [6.45, 7) is 9.73. The van der Waals surface area contributed by atoms with Crippen LogP contribution in [0.2, 0.25) is 0 Å². The summed E-state index contributed by atoms with van der Waals surface area (Å²) in [4.78, 5) is 23.6. The van der Waals surface area contributed by atoms with Crippen molar-refractivity contribution in [3.05, 3.63) is 41.5 Å². The molecule has 0 radical (unpaired) electrons. The van der Waals surface area contributed by atoms with Crippen LogP contribution in [0.3, 0.4) is 0 Å². The first-order valence-electron chi connectivity index (χ1n) is 7.57. The Morgan fingerprint density at radius 3 is 2.73 bits per heavy atom. The van der Waals surface area contributed by atoms with E-state index in [9.17, 15) is 9.59 Å². The van der Waals surface area contributed by atoms with Crippen molar-refractivity contribution in [1.82, 2.24) is 5.32 Å². The van der Waals surface area contributed by atoms with Crippen molar-refractivity contribution in [1.29, 1.82) is 0 Å². The highest BCUT2D eigenvalue weighted by Crippen LogP contribution is 2.24. The largest absolute Gasteiger partial charge is 0.444 e. The molecule has 0 atom stereocenters. The Bertz CT molecular complexity index is 611. The lowest BCUT2D eigenvalue weighted by atomic mass is 9.88. The Hall–Kier alpha value is -2.10. The molecule has 0 fully saturated rings. The Labute approximate surface area is 131 Å². The normalized spacial score (nSPS) is 14.2. The molecule has 0 aliphatic heterocycles. The molecule has 0 bridgehead atoms. The Kier molecular flexibility index (Phi) is 4.69. The number of amides is 1. The van der Waals surface area contributed by atoms with Gasteiger partial charge in [-0.1, -0.05) is 18.7 Å². The van der Waals surface area contributed by atoms with Gasteiger partial charge in [0.15, 0.2) is 5.78 Å². The molecule has 4 heteroatoms. The number of carbonyl (C=O) groups is 2. The van der Waals surface area contributed by atoms with Crippen LogP contribution in [0.4, 0.5) is 4.79 Å². The fourth-order valence-corrected chi connectivity index (χ4v) is 2.44. The highest BCUT2D eigenvalue weighted by molar-refractivity contribution is 5.99. The molecule has 0 spiro atoms. The van der Waals surface area contributed by atoms with Crippen LogP contribution < -0.4 is 5.32 Å². The Morgan fingerprint density at radius 2 is 2.05 bits per heavy atom. The Morgan fingerprint density at radius 1 is 1.32 bits per heavy atom. The number of fused-ring (bicyclic) bond motifs is 1. The zero-order chi connectivity index (χ0) is 16.3. The summed E-state index contributed by atoms with van der Waals surface area (Å²) in [5.74, 6) is 0.191. The average Bonchev–Trinajstić information content (AvgIpc) is 2.43. The number of ketones is 1. The minimum absolute atomic E-state index is 0.191. The van der Waals surface area contributed by atoms with Crippen molar-refractivity contribution in [2.45, 2.75) is 45.6 Å². The number of aryl methyl sites for hydroxylation is 1. The number of alkyl carbamates (subject to hydrolysis) is 1. The maximum Gasteiger partial charge on any atom is 0.407 e. The van der Waals surface area contributed by atoms with Crippen LogP contribution in [0, 0.1) is 0 Å². The first-order chi connectivity index (χ1) is 10.3. The quantitative estimate of drug-likeness (QED) is 0.925. The molecule has 1 aliphatic carbocycles. The summed E-state index contributed by atoms with van der Waals surface area (Å²) in [5, 5.41) is 2.68. The van der Waals surface area contributed by atoms with Gasteiger partial charge < -0.3 is 10.1 Å². The molecule has 1 aliphatic rings. The SMILES string of the molecule is C=C(CNC(=O)OC(C)(C)C)c1ccc2c(c1)C(=O)CCC2. The van der Waals surface area contributed by atoms with Crippen molar-refractivity contribution in [3.63, 3.8) is 0 Å². The zero-order valence-electron chi connectivity index (χ0n) is 13.5. The van der Waals surface area contributed by atoms with Crippen molar-refractivity contribution in [3.8, 4) is 0 Å². The van der Waals surface area contributed by atoms with Crippen molar-refractivity contribution >= 4 is 17.4 Å². The van der Waals surface area contributed by atoms with E-state index in [-0.39, 0.29) is 5.78 Å². The number of rotatable bonds is 3. The van der Waals surface area contributed by atoms with Gasteiger partial charge in [-0.2, -0.15) is 0 Å². The summed E-state index contributed by atoms with van der Waals surface area (Å²) in [7, 11) is 0. The maximum absolute atomic E-state index is 12.0. The molecule has 1 aromatic carbocycles. The van der Waals surface area contributed by atoms with Crippen molar-refractivity contribution < 1.29 is 14.3 Å². The van der Waals surface area contributed by atoms with Gasteiger partial charge in [0.05, 0.1) is 0 Å². The van der Waals surface area contributed by atoms with Gasteiger partial charge in [-0.3, -0.25) is 4.79 Å². The lowest BCUT2D eigenvalue weighted by molar-refractivity contribution is 0.0535. The second-order valence-corrected chi connectivity index (χ2v) is 6.61. The summed E-state index contributed by atoms with van der Waals surface area (Å²) in [5.41, 5.74) is 3.01. The fourth-order valence-electron chi connectivity index (χ4n) is 2.44. The van der Waals surface area contributed by atoms with E-state index < -0.39 is 11.7 Å². The van der Waals surface area contributed by atoms with Crippen molar-refractivity contribution in [2.24, 2.45) is 0 Å². The van der Waals surface area contributed by atoms with Crippen LogP contribution in [0.1, 0.15) is 55.1 Å². The standard InChI is InChI=1S/C18H23NO3/c1-12(11-19-17(21)22-18(2,3)4)14-9-8-13-6-5-7-16(20)15(13)10-14/h8-10H,1,5-7,11H2,2-4H3,(H,19,21). The van der Waals surface area contributed by atoms with Crippen LogP contribution in [-0.4, -0.2) is 24.0 Å². The average molecular weight is 301 g/mol. The number of benzene rings is 1. The first-order valence-corrected chi connectivity index (χ1v) is 7.57. The molecule has 0 saturated heterocycles. The topological polar surface area (TPSA) is 55.4 Å². The molecule has 22 heavy (non-hydrogen) atoms. The number of ether oxygens (including phenoxy) is 1. The summed E-state index contributed by atoms with van der Waals surface area (Å²) in [6.07, 6.45) is 2.01. The highest BCUT2D eigenvalue weighted by Gasteiger charge is 2.19. The van der Waals surface area contributed by atoms with E-state index in [0.29, 0.717) is 13.0 Å². The third-order valence-corrected chi connectivity index (χ3v) is 3.51. The van der Waals surface area contributed by atoms with E-state index in [1.165, 1.54) is 0 Å². The van der Waals surface area contributed by atoms with Gasteiger partial charge in [-0.25, -0.2) is 4.79 Å². The first kappa shape index (κ1) is 16.3. The molecule has 2 rings (SSSR count). The number of hydrogen-bond acceptors (Lipinski definition) is 3. The molecule has 1 amide bonds. The number of hydrogen-bond donors (Lipinski definition) is 1. The molecular formula is C18H23NO3. The molecule has 0 aromatic heterocycles. The summed E-state index contributed by atoms with van der Waals surface area (Å²) < 4.78 is 5.19. The molecule has 1 N–H and O–H groups in total. The molecule has 0 heterocycles. The lowest BCUT2D eigenvalue weighted by Gasteiger charge is -2.20. The van der Waals surface area contributed by atoms with Crippen LogP contribution in [-0.2, 0) is 11.2 Å². The second-order valence-electron chi connectivity index (χ2n) is 6.61. The van der Waals surface area contributed by atoms with Crippen LogP contribution >= 0.6 is 0 Å². The van der Waals surface area contributed by atoms with Gasteiger partial charge in [0.2, 0.25) is 0 Å². The van der Waals surface area contributed by atoms with Gasteiger partial charge in [-0.15, -0.1) is 0 Å². The van der Waals surface area contributed by atoms with Crippen LogP contribution in [0.5, 0.6) is 0 Å². The van der Waals surface area contributed by atoms with E-state index in [2.05, 4.69) is 11.9 Å². The van der Waals surface area contributed by atoms with Gasteiger partial charge in [0.25, 0.3) is 0 Å². The second kappa shape index (κ2) is 6.34. The molecule has 0 saturated carbocycles. The summed E-state index contributed by atoms with van der Waals surface area (Å²) in [6, 6.07) is 5.83. The van der Waals surface area contributed by atoms with E-state index >= 15 is 0 Å².